The van der Waals surface area contributed by atoms with Crippen molar-refractivity contribution >= 4 is 20.6 Å². The van der Waals surface area contributed by atoms with Crippen molar-refractivity contribution in [2.45, 2.75) is 36.6 Å². The molecule has 1 aliphatic heterocycles. The van der Waals surface area contributed by atoms with Gasteiger partial charge in [0.1, 0.15) is 5.03 Å². The highest BCUT2D eigenvalue weighted by molar-refractivity contribution is 7.92. The molecule has 0 amide bonds. The molecular weight excluding hydrogens is 262 g/mol. The van der Waals surface area contributed by atoms with Crippen molar-refractivity contribution in [3.63, 3.8) is 0 Å². The third kappa shape index (κ3) is 1.57. The molecule has 4 nitrogen and oxygen atoms in total. The first-order valence-corrected chi connectivity index (χ1v) is 7.70. The molecule has 0 spiro atoms. The lowest BCUT2D eigenvalue weighted by Gasteiger charge is -2.32. The molecule has 0 unspecified atom stereocenters. The monoisotopic (exact) mass is 277 g/mol. The maximum Gasteiger partial charge on any atom is 0.259 e. The Labute approximate surface area is 111 Å². The summed E-state index contributed by atoms with van der Waals surface area (Å²) in [5.74, 6) is 0. The minimum Gasteiger partial charge on any atom is -0.298 e. The standard InChI is InChI=1S/C14H15NO3S/c1-14(2)7-8-15-12(19(14,17)18)9-10-5-3-4-6-11(10)13(15)16/h3-6,9H,7-8H2,1-2H3. The summed E-state index contributed by atoms with van der Waals surface area (Å²) in [7, 11) is -3.47. The van der Waals surface area contributed by atoms with Gasteiger partial charge in [-0.15, -0.1) is 0 Å². The zero-order chi connectivity index (χ0) is 13.8. The zero-order valence-corrected chi connectivity index (χ0v) is 11.7. The van der Waals surface area contributed by atoms with E-state index in [0.717, 1.165) is 0 Å². The summed E-state index contributed by atoms with van der Waals surface area (Å²) in [4.78, 5) is 12.4. The third-order valence-corrected chi connectivity index (χ3v) is 6.47. The lowest BCUT2D eigenvalue weighted by Crippen LogP contribution is -2.42. The van der Waals surface area contributed by atoms with E-state index in [9.17, 15) is 13.2 Å². The lowest BCUT2D eigenvalue weighted by atomic mass is 10.1. The van der Waals surface area contributed by atoms with Gasteiger partial charge in [0.15, 0.2) is 9.84 Å². The molecule has 0 saturated heterocycles. The Hall–Kier alpha value is -1.62. The van der Waals surface area contributed by atoms with Crippen LogP contribution in [0.25, 0.3) is 10.8 Å². The van der Waals surface area contributed by atoms with Gasteiger partial charge >= 0.3 is 0 Å². The number of aromatic nitrogens is 1. The molecule has 100 valence electrons. The maximum absolute atomic E-state index is 12.6. The van der Waals surface area contributed by atoms with Gasteiger partial charge in [0.25, 0.3) is 5.56 Å². The van der Waals surface area contributed by atoms with E-state index < -0.39 is 14.6 Å². The van der Waals surface area contributed by atoms with Crippen molar-refractivity contribution in [1.29, 1.82) is 0 Å². The van der Waals surface area contributed by atoms with Crippen LogP contribution in [0.4, 0.5) is 0 Å². The molecule has 5 heteroatoms. The molecule has 0 bridgehead atoms. The molecule has 0 radical (unpaired) electrons. The summed E-state index contributed by atoms with van der Waals surface area (Å²) >= 11 is 0. The molecule has 19 heavy (non-hydrogen) atoms. The average molecular weight is 277 g/mol. The molecular formula is C14H15NO3S. The molecule has 1 aromatic carbocycles. The van der Waals surface area contributed by atoms with E-state index in [1.54, 1.807) is 44.2 Å². The van der Waals surface area contributed by atoms with Gasteiger partial charge in [0.2, 0.25) is 0 Å². The van der Waals surface area contributed by atoms with Crippen molar-refractivity contribution in [1.82, 2.24) is 4.57 Å². The van der Waals surface area contributed by atoms with Crippen LogP contribution in [-0.4, -0.2) is 17.7 Å². The van der Waals surface area contributed by atoms with E-state index in [4.69, 9.17) is 0 Å². The summed E-state index contributed by atoms with van der Waals surface area (Å²) in [5.41, 5.74) is -0.216. The molecule has 0 saturated carbocycles. The maximum atomic E-state index is 12.6. The first-order valence-electron chi connectivity index (χ1n) is 6.22. The Morgan fingerprint density at radius 2 is 1.89 bits per heavy atom. The van der Waals surface area contributed by atoms with E-state index in [1.165, 1.54) is 4.57 Å². The van der Waals surface area contributed by atoms with Crippen LogP contribution >= 0.6 is 0 Å². The Bertz CT molecular complexity index is 831. The van der Waals surface area contributed by atoms with Crippen molar-refractivity contribution in [3.8, 4) is 0 Å². The highest BCUT2D eigenvalue weighted by atomic mass is 32.2. The lowest BCUT2D eigenvalue weighted by molar-refractivity contribution is 0.438. The fraction of sp³-hybridized carbons (Fsp3) is 0.357. The second-order valence-corrected chi connectivity index (χ2v) is 8.07. The van der Waals surface area contributed by atoms with Crippen LogP contribution in [0.3, 0.4) is 0 Å². The molecule has 1 aliphatic rings. The third-order valence-electron chi connectivity index (χ3n) is 3.92. The van der Waals surface area contributed by atoms with Gasteiger partial charge < -0.3 is 0 Å². The SMILES string of the molecule is CC1(C)CCn2c(cc3ccccc3c2=O)S1(=O)=O. The molecule has 0 fully saturated rings. The van der Waals surface area contributed by atoms with Gasteiger partial charge in [-0.25, -0.2) is 8.42 Å². The van der Waals surface area contributed by atoms with Crippen molar-refractivity contribution in [2.24, 2.45) is 0 Å². The number of nitrogens with zero attached hydrogens (tertiary/aromatic N) is 1. The van der Waals surface area contributed by atoms with Crippen LogP contribution in [0.15, 0.2) is 40.2 Å². The molecule has 1 aromatic heterocycles. The van der Waals surface area contributed by atoms with Gasteiger partial charge in [0.05, 0.1) is 4.75 Å². The Morgan fingerprint density at radius 1 is 1.21 bits per heavy atom. The quantitative estimate of drug-likeness (QED) is 0.739. The highest BCUT2D eigenvalue weighted by Crippen LogP contribution is 2.33. The van der Waals surface area contributed by atoms with Gasteiger partial charge in [-0.1, -0.05) is 18.2 Å². The second kappa shape index (κ2) is 3.70. The smallest absolute Gasteiger partial charge is 0.259 e. The van der Waals surface area contributed by atoms with Crippen LogP contribution < -0.4 is 5.56 Å². The van der Waals surface area contributed by atoms with Crippen LogP contribution in [-0.2, 0) is 16.4 Å². The molecule has 0 atom stereocenters. The molecule has 2 aromatic rings. The van der Waals surface area contributed by atoms with Gasteiger partial charge in [0, 0.05) is 11.9 Å². The number of benzene rings is 1. The van der Waals surface area contributed by atoms with Gasteiger partial charge in [-0.3, -0.25) is 9.36 Å². The van der Waals surface area contributed by atoms with E-state index in [2.05, 4.69) is 0 Å². The summed E-state index contributed by atoms with van der Waals surface area (Å²) in [5, 5.41) is 1.40. The summed E-state index contributed by atoms with van der Waals surface area (Å²) < 4.78 is 25.7. The predicted octanol–water partition coefficient (Wildman–Crippen LogP) is 1.96. The fourth-order valence-corrected chi connectivity index (χ4v) is 4.18. The van der Waals surface area contributed by atoms with Gasteiger partial charge in [-0.2, -0.15) is 0 Å². The number of pyridine rings is 1. The van der Waals surface area contributed by atoms with Crippen LogP contribution in [0.2, 0.25) is 0 Å². The number of fused-ring (bicyclic) bond motifs is 2. The second-order valence-electron chi connectivity index (χ2n) is 5.54. The fourth-order valence-electron chi connectivity index (χ4n) is 2.51. The van der Waals surface area contributed by atoms with E-state index in [-0.39, 0.29) is 10.6 Å². The van der Waals surface area contributed by atoms with Crippen LogP contribution in [0.1, 0.15) is 20.3 Å². The predicted molar refractivity (Wildman–Crippen MR) is 74.1 cm³/mol. The number of hydrogen-bond donors (Lipinski definition) is 0. The van der Waals surface area contributed by atoms with E-state index in [0.29, 0.717) is 23.7 Å². The minimum atomic E-state index is -3.47. The highest BCUT2D eigenvalue weighted by Gasteiger charge is 2.41. The average Bonchev–Trinajstić information content (AvgIpc) is 2.36. The number of hydrogen-bond acceptors (Lipinski definition) is 3. The molecule has 2 heterocycles. The zero-order valence-electron chi connectivity index (χ0n) is 10.9. The first kappa shape index (κ1) is 12.4. The Morgan fingerprint density at radius 3 is 2.63 bits per heavy atom. The number of rotatable bonds is 0. The van der Waals surface area contributed by atoms with Crippen molar-refractivity contribution < 1.29 is 8.42 Å². The largest absolute Gasteiger partial charge is 0.298 e. The first-order chi connectivity index (χ1) is 8.84. The van der Waals surface area contributed by atoms with E-state index in [1.807, 2.05) is 0 Å². The Balaban J connectivity index is 2.47. The summed E-state index contributed by atoms with van der Waals surface area (Å²) in [6.07, 6.45) is 0.459. The number of sulfone groups is 1. The summed E-state index contributed by atoms with van der Waals surface area (Å²) in [6, 6.07) is 8.72. The van der Waals surface area contributed by atoms with Crippen LogP contribution in [0, 0.1) is 0 Å². The summed E-state index contributed by atoms with van der Waals surface area (Å²) in [6.45, 7) is 3.88. The van der Waals surface area contributed by atoms with Crippen LogP contribution in [0.5, 0.6) is 0 Å². The normalized spacial score (nSPS) is 20.1. The molecule has 0 aliphatic carbocycles. The van der Waals surface area contributed by atoms with E-state index >= 15 is 0 Å². The van der Waals surface area contributed by atoms with Gasteiger partial charge in [-0.05, 0) is 37.8 Å². The molecule has 0 N–H and O–H groups in total. The van der Waals surface area contributed by atoms with Crippen molar-refractivity contribution in [2.75, 3.05) is 0 Å². The molecule has 3 rings (SSSR count). The van der Waals surface area contributed by atoms with Crippen molar-refractivity contribution in [3.05, 3.63) is 40.7 Å². The Kier molecular flexibility index (Phi) is 2.41. The topological polar surface area (TPSA) is 56.1 Å². The minimum absolute atomic E-state index is 0.146.